The summed E-state index contributed by atoms with van der Waals surface area (Å²) >= 11 is 0. The van der Waals surface area contributed by atoms with E-state index in [4.69, 9.17) is 0 Å². The molecular formula is C25H28FN9O2. The SMILES string of the molecule is CC(C)(C)c1cc(-c2ccc(F)cc2)nn2cc(C(=O)N3CCN(Cc4nn[nH]n4)C(=O)C3(C)C)nc12. The van der Waals surface area contributed by atoms with E-state index in [9.17, 15) is 14.0 Å². The number of amides is 2. The summed E-state index contributed by atoms with van der Waals surface area (Å²) in [6.45, 7) is 10.5. The minimum Gasteiger partial charge on any atom is -0.331 e. The van der Waals surface area contributed by atoms with Gasteiger partial charge in [-0.2, -0.15) is 10.3 Å². The second kappa shape index (κ2) is 8.71. The van der Waals surface area contributed by atoms with Gasteiger partial charge in [-0.1, -0.05) is 26.0 Å². The van der Waals surface area contributed by atoms with Crippen LogP contribution in [-0.4, -0.2) is 75.5 Å². The molecular weight excluding hydrogens is 477 g/mol. The lowest BCUT2D eigenvalue weighted by Crippen LogP contribution is -2.64. The first-order valence-corrected chi connectivity index (χ1v) is 12.0. The predicted octanol–water partition coefficient (Wildman–Crippen LogP) is 2.61. The fraction of sp³-hybridized carbons (Fsp3) is 0.400. The van der Waals surface area contributed by atoms with E-state index in [1.165, 1.54) is 12.1 Å². The number of halogens is 1. The van der Waals surface area contributed by atoms with E-state index in [1.807, 2.05) is 6.07 Å². The standard InChI is InChI=1S/C25H28FN9O2/c1-24(2,3)17-12-18(15-6-8-16(26)9-7-15)30-35-13-19(27-21(17)35)22(36)34-11-10-33(23(37)25(34,4)5)14-20-28-31-32-29-20/h6-9,12-13H,10-11,14H2,1-5H3,(H,28,29,31,32). The van der Waals surface area contributed by atoms with E-state index in [0.717, 1.165) is 11.1 Å². The lowest BCUT2D eigenvalue weighted by Gasteiger charge is -2.45. The number of carbonyl (C=O) groups is 2. The maximum atomic E-state index is 13.7. The molecule has 192 valence electrons. The van der Waals surface area contributed by atoms with Gasteiger partial charge in [0.15, 0.2) is 11.5 Å². The molecule has 0 radical (unpaired) electrons. The average molecular weight is 506 g/mol. The van der Waals surface area contributed by atoms with Gasteiger partial charge in [0, 0.05) is 24.2 Å². The van der Waals surface area contributed by atoms with Crippen molar-refractivity contribution in [3.63, 3.8) is 0 Å². The van der Waals surface area contributed by atoms with Crippen molar-refractivity contribution in [2.75, 3.05) is 13.1 Å². The molecule has 0 atom stereocenters. The quantitative estimate of drug-likeness (QED) is 0.452. The third-order valence-corrected chi connectivity index (χ3v) is 6.64. The first-order chi connectivity index (χ1) is 17.4. The number of aromatic nitrogens is 7. The Hall–Kier alpha value is -4.22. The van der Waals surface area contributed by atoms with Gasteiger partial charge in [-0.05, 0) is 49.6 Å². The average Bonchev–Trinajstić information content (AvgIpc) is 3.51. The number of piperazine rings is 1. The number of hydrogen-bond acceptors (Lipinski definition) is 7. The van der Waals surface area contributed by atoms with Crippen molar-refractivity contribution in [3.8, 4) is 11.3 Å². The van der Waals surface area contributed by atoms with Crippen LogP contribution in [0.2, 0.25) is 0 Å². The second-order valence-electron chi connectivity index (χ2n) is 10.7. The number of hydrogen-bond donors (Lipinski definition) is 1. The van der Waals surface area contributed by atoms with Crippen LogP contribution in [0, 0.1) is 5.82 Å². The van der Waals surface area contributed by atoms with Gasteiger partial charge >= 0.3 is 0 Å². The molecule has 5 rings (SSSR count). The maximum absolute atomic E-state index is 13.7. The molecule has 1 aromatic carbocycles. The fourth-order valence-corrected chi connectivity index (χ4v) is 4.56. The van der Waals surface area contributed by atoms with Crippen LogP contribution in [0.1, 0.15) is 56.5 Å². The maximum Gasteiger partial charge on any atom is 0.275 e. The van der Waals surface area contributed by atoms with Gasteiger partial charge in [-0.15, -0.1) is 10.2 Å². The van der Waals surface area contributed by atoms with Gasteiger partial charge < -0.3 is 9.80 Å². The number of fused-ring (bicyclic) bond motifs is 1. The van der Waals surface area contributed by atoms with Gasteiger partial charge in [-0.25, -0.2) is 13.9 Å². The molecule has 0 bridgehead atoms. The summed E-state index contributed by atoms with van der Waals surface area (Å²) in [7, 11) is 0. The Morgan fingerprint density at radius 2 is 1.89 bits per heavy atom. The number of nitrogens with one attached hydrogen (secondary N) is 1. The van der Waals surface area contributed by atoms with Crippen LogP contribution in [-0.2, 0) is 16.8 Å². The van der Waals surface area contributed by atoms with Gasteiger partial charge in [0.2, 0.25) is 5.91 Å². The molecule has 4 aromatic rings. The Morgan fingerprint density at radius 3 is 2.54 bits per heavy atom. The van der Waals surface area contributed by atoms with Crippen molar-refractivity contribution < 1.29 is 14.0 Å². The highest BCUT2D eigenvalue weighted by molar-refractivity contribution is 5.99. The summed E-state index contributed by atoms with van der Waals surface area (Å²) in [4.78, 5) is 34.8. The molecule has 0 spiro atoms. The van der Waals surface area contributed by atoms with Crippen molar-refractivity contribution in [1.29, 1.82) is 0 Å². The van der Waals surface area contributed by atoms with Crippen LogP contribution in [0.3, 0.4) is 0 Å². The van der Waals surface area contributed by atoms with E-state index in [1.54, 1.807) is 46.5 Å². The highest BCUT2D eigenvalue weighted by Crippen LogP contribution is 2.31. The molecule has 11 nitrogen and oxygen atoms in total. The van der Waals surface area contributed by atoms with Crippen molar-refractivity contribution in [3.05, 3.63) is 59.4 Å². The second-order valence-corrected chi connectivity index (χ2v) is 10.7. The minimum absolute atomic E-state index is 0.196. The van der Waals surface area contributed by atoms with Gasteiger partial charge in [-0.3, -0.25) is 9.59 Å². The fourth-order valence-electron chi connectivity index (χ4n) is 4.56. The van der Waals surface area contributed by atoms with Crippen molar-refractivity contribution in [2.45, 2.75) is 52.1 Å². The summed E-state index contributed by atoms with van der Waals surface area (Å²) in [6, 6.07) is 8.03. The van der Waals surface area contributed by atoms with Crippen molar-refractivity contribution in [2.24, 2.45) is 0 Å². The number of aromatic amines is 1. The number of imidazole rings is 1. The smallest absolute Gasteiger partial charge is 0.275 e. The molecule has 1 aliphatic heterocycles. The number of H-pyrrole nitrogens is 1. The Kier molecular flexibility index (Phi) is 5.76. The first kappa shape index (κ1) is 24.5. The molecule has 12 heteroatoms. The Balaban J connectivity index is 1.49. The van der Waals surface area contributed by atoms with Gasteiger partial charge in [0.1, 0.15) is 17.1 Å². The summed E-state index contributed by atoms with van der Waals surface area (Å²) in [5.41, 5.74) is 1.62. The van der Waals surface area contributed by atoms with Gasteiger partial charge in [0.25, 0.3) is 5.91 Å². The van der Waals surface area contributed by atoms with Crippen LogP contribution in [0.25, 0.3) is 16.9 Å². The van der Waals surface area contributed by atoms with Crippen LogP contribution >= 0.6 is 0 Å². The molecule has 0 aliphatic carbocycles. The Morgan fingerprint density at radius 1 is 1.16 bits per heavy atom. The Bertz CT molecular complexity index is 1470. The van der Waals surface area contributed by atoms with E-state index < -0.39 is 5.54 Å². The molecule has 1 fully saturated rings. The molecule has 3 aromatic heterocycles. The lowest BCUT2D eigenvalue weighted by atomic mass is 9.87. The summed E-state index contributed by atoms with van der Waals surface area (Å²) in [5.74, 6) is -0.494. The number of rotatable bonds is 4. The van der Waals surface area contributed by atoms with Crippen LogP contribution < -0.4 is 0 Å². The van der Waals surface area contributed by atoms with E-state index in [-0.39, 0.29) is 35.3 Å². The molecule has 1 aliphatic rings. The number of benzene rings is 1. The highest BCUT2D eigenvalue weighted by Gasteiger charge is 2.45. The molecule has 1 saturated heterocycles. The molecule has 2 amide bonds. The first-order valence-electron chi connectivity index (χ1n) is 12.0. The van der Waals surface area contributed by atoms with Crippen LogP contribution in [0.5, 0.6) is 0 Å². The third kappa shape index (κ3) is 4.43. The lowest BCUT2D eigenvalue weighted by molar-refractivity contribution is -0.147. The van der Waals surface area contributed by atoms with Crippen LogP contribution in [0.4, 0.5) is 4.39 Å². The van der Waals surface area contributed by atoms with Crippen LogP contribution in [0.15, 0.2) is 36.5 Å². The zero-order valence-corrected chi connectivity index (χ0v) is 21.4. The zero-order valence-electron chi connectivity index (χ0n) is 21.4. The van der Waals surface area contributed by atoms with E-state index >= 15 is 0 Å². The van der Waals surface area contributed by atoms with E-state index in [2.05, 4.69) is 51.5 Å². The summed E-state index contributed by atoms with van der Waals surface area (Å²) < 4.78 is 15.1. The third-order valence-electron chi connectivity index (χ3n) is 6.64. The topological polar surface area (TPSA) is 125 Å². The molecule has 4 heterocycles. The largest absolute Gasteiger partial charge is 0.331 e. The molecule has 37 heavy (non-hydrogen) atoms. The minimum atomic E-state index is -1.10. The summed E-state index contributed by atoms with van der Waals surface area (Å²) in [6.07, 6.45) is 1.59. The number of tetrazole rings is 1. The zero-order chi connectivity index (χ0) is 26.5. The number of carbonyl (C=O) groups excluding carboxylic acids is 2. The highest BCUT2D eigenvalue weighted by atomic mass is 19.1. The summed E-state index contributed by atoms with van der Waals surface area (Å²) in [5, 5.41) is 18.4. The van der Waals surface area contributed by atoms with Crippen molar-refractivity contribution >= 4 is 17.5 Å². The molecule has 0 unspecified atom stereocenters. The monoisotopic (exact) mass is 505 g/mol. The molecule has 0 saturated carbocycles. The molecule has 1 N–H and O–H groups in total. The van der Waals surface area contributed by atoms with E-state index in [0.29, 0.717) is 30.3 Å². The Labute approximate surface area is 212 Å². The normalized spacial score (nSPS) is 16.0. The number of nitrogens with zero attached hydrogens (tertiary/aromatic N) is 8. The van der Waals surface area contributed by atoms with Gasteiger partial charge in [0.05, 0.1) is 18.4 Å². The predicted molar refractivity (Wildman–Crippen MR) is 132 cm³/mol. The van der Waals surface area contributed by atoms with Crippen molar-refractivity contribution in [1.82, 2.24) is 45.0 Å².